The number of benzene rings is 3. The van der Waals surface area contributed by atoms with Gasteiger partial charge in [-0.1, -0.05) is 24.3 Å². The Morgan fingerprint density at radius 3 is 2.12 bits per heavy atom. The molecule has 0 fully saturated rings. The lowest BCUT2D eigenvalue weighted by molar-refractivity contribution is 0.313. The van der Waals surface area contributed by atoms with E-state index in [2.05, 4.69) is 0 Å². The fourth-order valence-electron chi connectivity index (χ4n) is 2.88. The molecule has 0 atom stereocenters. The molecule has 0 saturated carbocycles. The lowest BCUT2D eigenvalue weighted by Gasteiger charge is -2.18. The summed E-state index contributed by atoms with van der Waals surface area (Å²) in [6.45, 7) is 1.03. The second kappa shape index (κ2) is 7.54. The Hall–Kier alpha value is -2.92. The molecule has 4 N–H and O–H groups in total. The maximum Gasteiger partial charge on any atom is 0.127 e. The van der Waals surface area contributed by atoms with Gasteiger partial charge in [-0.15, -0.1) is 0 Å². The Kier molecular flexibility index (Phi) is 5.19. The predicted molar refractivity (Wildman–Crippen MR) is 102 cm³/mol. The van der Waals surface area contributed by atoms with Crippen molar-refractivity contribution in [3.8, 4) is 11.1 Å². The van der Waals surface area contributed by atoms with Crippen LogP contribution in [0.25, 0.3) is 11.1 Å². The van der Waals surface area contributed by atoms with Crippen molar-refractivity contribution < 1.29 is 8.78 Å². The van der Waals surface area contributed by atoms with Crippen molar-refractivity contribution in [3.63, 3.8) is 0 Å². The van der Waals surface area contributed by atoms with E-state index in [1.54, 1.807) is 30.3 Å². The van der Waals surface area contributed by atoms with E-state index < -0.39 is 0 Å². The standard InChI is InChI=1S/C21H21F2N3/c1-26(12-14-2-6-18(22)7-3-14)13-17-10-15(4-8-19(17)23)16-5-9-20(24)21(25)11-16/h2-11H,12-13,24-25H2,1H3. The Morgan fingerprint density at radius 1 is 0.769 bits per heavy atom. The maximum atomic E-state index is 14.3. The summed E-state index contributed by atoms with van der Waals surface area (Å²) in [6.07, 6.45) is 0. The smallest absolute Gasteiger partial charge is 0.127 e. The number of halogens is 2. The van der Waals surface area contributed by atoms with Gasteiger partial charge in [0, 0.05) is 18.7 Å². The Bertz CT molecular complexity index is 908. The molecule has 0 spiro atoms. The molecular formula is C21H21F2N3. The number of hydrogen-bond donors (Lipinski definition) is 2. The minimum atomic E-state index is -0.266. The number of hydrogen-bond acceptors (Lipinski definition) is 3. The summed E-state index contributed by atoms with van der Waals surface area (Å²) in [5.41, 5.74) is 16.0. The van der Waals surface area contributed by atoms with Crippen LogP contribution in [-0.4, -0.2) is 11.9 Å². The van der Waals surface area contributed by atoms with Crippen LogP contribution in [0.15, 0.2) is 60.7 Å². The van der Waals surface area contributed by atoms with Crippen molar-refractivity contribution in [2.24, 2.45) is 0 Å². The van der Waals surface area contributed by atoms with E-state index in [9.17, 15) is 8.78 Å². The highest BCUT2D eigenvalue weighted by Gasteiger charge is 2.10. The summed E-state index contributed by atoms with van der Waals surface area (Å²) in [4.78, 5) is 1.98. The first-order chi connectivity index (χ1) is 12.4. The van der Waals surface area contributed by atoms with Gasteiger partial charge in [-0.25, -0.2) is 8.78 Å². The van der Waals surface area contributed by atoms with Crippen molar-refractivity contribution in [2.45, 2.75) is 13.1 Å². The first-order valence-electron chi connectivity index (χ1n) is 8.29. The van der Waals surface area contributed by atoms with Gasteiger partial charge in [0.25, 0.3) is 0 Å². The molecule has 3 aromatic rings. The summed E-state index contributed by atoms with van der Waals surface area (Å²) in [7, 11) is 1.90. The topological polar surface area (TPSA) is 55.3 Å². The molecule has 3 aromatic carbocycles. The van der Waals surface area contributed by atoms with Crippen LogP contribution < -0.4 is 11.5 Å². The van der Waals surface area contributed by atoms with Gasteiger partial charge in [0.05, 0.1) is 11.4 Å². The number of nitrogen functional groups attached to an aromatic ring is 2. The van der Waals surface area contributed by atoms with E-state index in [1.807, 2.05) is 24.1 Å². The molecular weight excluding hydrogens is 332 g/mol. The molecule has 26 heavy (non-hydrogen) atoms. The molecule has 0 saturated heterocycles. The summed E-state index contributed by atoms with van der Waals surface area (Å²) in [6, 6.07) is 16.7. The van der Waals surface area contributed by atoms with Crippen molar-refractivity contribution in [3.05, 3.63) is 83.4 Å². The second-order valence-corrected chi connectivity index (χ2v) is 6.45. The van der Waals surface area contributed by atoms with Crippen LogP contribution in [0.3, 0.4) is 0 Å². The summed E-state index contributed by atoms with van der Waals surface area (Å²) in [5, 5.41) is 0. The van der Waals surface area contributed by atoms with Crippen molar-refractivity contribution in [1.82, 2.24) is 4.90 Å². The van der Waals surface area contributed by atoms with Crippen LogP contribution in [0, 0.1) is 11.6 Å². The van der Waals surface area contributed by atoms with Crippen LogP contribution in [-0.2, 0) is 13.1 Å². The largest absolute Gasteiger partial charge is 0.397 e. The van der Waals surface area contributed by atoms with Crippen LogP contribution >= 0.6 is 0 Å². The van der Waals surface area contributed by atoms with Gasteiger partial charge in [-0.05, 0) is 60.1 Å². The molecule has 3 rings (SSSR count). The highest BCUT2D eigenvalue weighted by molar-refractivity contribution is 5.74. The molecule has 3 nitrogen and oxygen atoms in total. The third kappa shape index (κ3) is 4.18. The van der Waals surface area contributed by atoms with Crippen LogP contribution in [0.1, 0.15) is 11.1 Å². The van der Waals surface area contributed by atoms with E-state index in [4.69, 9.17) is 11.5 Å². The first-order valence-corrected chi connectivity index (χ1v) is 8.29. The third-order valence-electron chi connectivity index (χ3n) is 4.27. The van der Waals surface area contributed by atoms with Crippen LogP contribution in [0.5, 0.6) is 0 Å². The number of nitrogens with zero attached hydrogens (tertiary/aromatic N) is 1. The molecule has 0 aliphatic heterocycles. The van der Waals surface area contributed by atoms with E-state index in [0.717, 1.165) is 16.7 Å². The van der Waals surface area contributed by atoms with Crippen molar-refractivity contribution >= 4 is 11.4 Å². The minimum Gasteiger partial charge on any atom is -0.397 e. The average Bonchev–Trinajstić information content (AvgIpc) is 2.61. The molecule has 0 aliphatic rings. The molecule has 0 unspecified atom stereocenters. The van der Waals surface area contributed by atoms with E-state index in [-0.39, 0.29) is 11.6 Å². The molecule has 134 valence electrons. The number of nitrogens with two attached hydrogens (primary N) is 2. The normalized spacial score (nSPS) is 11.1. The van der Waals surface area contributed by atoms with Gasteiger partial charge in [0.1, 0.15) is 11.6 Å². The number of rotatable bonds is 5. The highest BCUT2D eigenvalue weighted by atomic mass is 19.1. The summed E-state index contributed by atoms with van der Waals surface area (Å²) in [5.74, 6) is -0.527. The molecule has 0 bridgehead atoms. The predicted octanol–water partition coefficient (Wildman–Crippen LogP) is 4.43. The fraction of sp³-hybridized carbons (Fsp3) is 0.143. The van der Waals surface area contributed by atoms with E-state index in [1.165, 1.54) is 18.2 Å². The quantitative estimate of drug-likeness (QED) is 0.667. The Labute approximate surface area is 151 Å². The van der Waals surface area contributed by atoms with Gasteiger partial charge in [0.2, 0.25) is 0 Å². The van der Waals surface area contributed by atoms with Crippen LogP contribution in [0.2, 0.25) is 0 Å². The lowest BCUT2D eigenvalue weighted by atomic mass is 10.0. The molecule has 0 aliphatic carbocycles. The SMILES string of the molecule is CN(Cc1ccc(F)cc1)Cc1cc(-c2ccc(N)c(N)c2)ccc1F. The van der Waals surface area contributed by atoms with E-state index in [0.29, 0.717) is 30.0 Å². The minimum absolute atomic E-state index is 0.261. The lowest BCUT2D eigenvalue weighted by Crippen LogP contribution is -2.18. The van der Waals surface area contributed by atoms with Crippen LogP contribution in [0.4, 0.5) is 20.2 Å². The monoisotopic (exact) mass is 353 g/mol. The highest BCUT2D eigenvalue weighted by Crippen LogP contribution is 2.27. The van der Waals surface area contributed by atoms with Gasteiger partial charge in [-0.2, -0.15) is 0 Å². The maximum absolute atomic E-state index is 14.3. The first kappa shape index (κ1) is 17.9. The zero-order valence-corrected chi connectivity index (χ0v) is 14.5. The molecule has 5 heteroatoms. The zero-order chi connectivity index (χ0) is 18.7. The molecule has 0 heterocycles. The molecule has 0 amide bonds. The summed E-state index contributed by atoms with van der Waals surface area (Å²) >= 11 is 0. The third-order valence-corrected chi connectivity index (χ3v) is 4.27. The van der Waals surface area contributed by atoms with Gasteiger partial charge in [0.15, 0.2) is 0 Å². The number of anilines is 2. The van der Waals surface area contributed by atoms with Gasteiger partial charge < -0.3 is 11.5 Å². The second-order valence-electron chi connectivity index (χ2n) is 6.45. The molecule has 0 aromatic heterocycles. The summed E-state index contributed by atoms with van der Waals surface area (Å²) < 4.78 is 27.3. The Balaban J connectivity index is 1.78. The van der Waals surface area contributed by atoms with Crippen molar-refractivity contribution in [2.75, 3.05) is 18.5 Å². The van der Waals surface area contributed by atoms with Crippen molar-refractivity contribution in [1.29, 1.82) is 0 Å². The van der Waals surface area contributed by atoms with Gasteiger partial charge in [-0.3, -0.25) is 4.90 Å². The fourth-order valence-corrected chi connectivity index (χ4v) is 2.88. The van der Waals surface area contributed by atoms with E-state index >= 15 is 0 Å². The Morgan fingerprint density at radius 2 is 1.42 bits per heavy atom. The molecule has 0 radical (unpaired) electrons. The average molecular weight is 353 g/mol. The zero-order valence-electron chi connectivity index (χ0n) is 14.5. The van der Waals surface area contributed by atoms with Gasteiger partial charge >= 0.3 is 0 Å².